The second-order valence-electron chi connectivity index (χ2n) is 6.73. The monoisotopic (exact) mass is 465 g/mol. The molecule has 0 spiro atoms. The maximum atomic E-state index is 13.0. The molecule has 1 aliphatic rings. The van der Waals surface area contributed by atoms with Crippen molar-refractivity contribution >= 4 is 46.1 Å². The van der Waals surface area contributed by atoms with Crippen molar-refractivity contribution in [3.63, 3.8) is 0 Å². The number of carbonyl (C=O) groups is 3. The van der Waals surface area contributed by atoms with Gasteiger partial charge in [0.15, 0.2) is 5.17 Å². The number of rotatable bonds is 5. The number of imide groups is 1. The molecule has 0 aromatic heterocycles. The highest BCUT2D eigenvalue weighted by atomic mass is 32.2. The molecule has 2 aromatic rings. The lowest BCUT2D eigenvalue weighted by molar-refractivity contribution is -0.137. The van der Waals surface area contributed by atoms with Gasteiger partial charge in [0.2, 0.25) is 11.8 Å². The minimum absolute atomic E-state index is 0.0152. The molecular formula is C21H18F3N3O4S. The predicted molar refractivity (Wildman–Crippen MR) is 114 cm³/mol. The summed E-state index contributed by atoms with van der Waals surface area (Å²) in [5, 5.41) is 11.3. The van der Waals surface area contributed by atoms with Crippen LogP contribution in [0.2, 0.25) is 0 Å². The molecular weight excluding hydrogens is 447 g/mol. The maximum Gasteiger partial charge on any atom is 0.416 e. The van der Waals surface area contributed by atoms with Crippen LogP contribution in [0.4, 0.5) is 24.5 Å². The Hall–Kier alpha value is -3.34. The van der Waals surface area contributed by atoms with E-state index in [1.54, 1.807) is 6.92 Å². The van der Waals surface area contributed by atoms with Crippen LogP contribution in [-0.2, 0) is 15.8 Å². The first-order chi connectivity index (χ1) is 15.1. The van der Waals surface area contributed by atoms with Gasteiger partial charge in [-0.2, -0.15) is 13.2 Å². The number of benzene rings is 2. The SMILES string of the molecule is CCN/C(=N\c1cccc(C(F)(F)F)c1)S[C@H]1CC(=O)N(c2ccc(C(=O)O)cc2)C1=O. The van der Waals surface area contributed by atoms with Crippen LogP contribution in [0, 0.1) is 0 Å². The minimum Gasteiger partial charge on any atom is -0.478 e. The number of amides is 2. The number of thioether (sulfide) groups is 1. The number of carbonyl (C=O) groups excluding carboxylic acids is 2. The summed E-state index contributed by atoms with van der Waals surface area (Å²) in [5.41, 5.74) is -0.529. The van der Waals surface area contributed by atoms with Crippen molar-refractivity contribution in [2.24, 2.45) is 4.99 Å². The van der Waals surface area contributed by atoms with Gasteiger partial charge in [-0.15, -0.1) is 0 Å². The van der Waals surface area contributed by atoms with Crippen molar-refractivity contribution < 1.29 is 32.7 Å². The smallest absolute Gasteiger partial charge is 0.416 e. The zero-order valence-electron chi connectivity index (χ0n) is 16.7. The van der Waals surface area contributed by atoms with E-state index in [2.05, 4.69) is 10.3 Å². The number of aliphatic imine (C=N–C) groups is 1. The summed E-state index contributed by atoms with van der Waals surface area (Å²) < 4.78 is 38.9. The first-order valence-electron chi connectivity index (χ1n) is 9.46. The molecule has 0 aliphatic carbocycles. The number of aromatic carboxylic acids is 1. The summed E-state index contributed by atoms with van der Waals surface area (Å²) in [6, 6.07) is 9.80. The Balaban J connectivity index is 1.81. The topological polar surface area (TPSA) is 99.1 Å². The second-order valence-corrected chi connectivity index (χ2v) is 7.92. The number of nitrogens with one attached hydrogen (secondary N) is 1. The molecule has 0 radical (unpaired) electrons. The Morgan fingerprint density at radius 3 is 2.50 bits per heavy atom. The molecule has 3 rings (SSSR count). The summed E-state index contributed by atoms with van der Waals surface area (Å²) >= 11 is 0.955. The summed E-state index contributed by atoms with van der Waals surface area (Å²) in [4.78, 5) is 41.5. The van der Waals surface area contributed by atoms with E-state index in [-0.39, 0.29) is 28.5 Å². The Labute approximate surface area is 185 Å². The van der Waals surface area contributed by atoms with Crippen LogP contribution in [0.25, 0.3) is 0 Å². The van der Waals surface area contributed by atoms with Gasteiger partial charge in [0.05, 0.1) is 22.5 Å². The van der Waals surface area contributed by atoms with Crippen molar-refractivity contribution in [3.8, 4) is 0 Å². The van der Waals surface area contributed by atoms with E-state index in [1.807, 2.05) is 0 Å². The van der Waals surface area contributed by atoms with Gasteiger partial charge >= 0.3 is 12.1 Å². The number of carboxylic acid groups (broad SMARTS) is 1. The van der Waals surface area contributed by atoms with Gasteiger partial charge in [0.1, 0.15) is 5.25 Å². The average Bonchev–Trinajstić information content (AvgIpc) is 3.00. The number of halogens is 3. The molecule has 1 heterocycles. The largest absolute Gasteiger partial charge is 0.478 e. The Kier molecular flexibility index (Phi) is 6.87. The minimum atomic E-state index is -4.51. The second kappa shape index (κ2) is 9.43. The highest BCUT2D eigenvalue weighted by molar-refractivity contribution is 8.15. The number of carboxylic acids is 1. The average molecular weight is 465 g/mol. The van der Waals surface area contributed by atoms with Crippen molar-refractivity contribution in [2.75, 3.05) is 11.4 Å². The van der Waals surface area contributed by atoms with Crippen molar-refractivity contribution in [1.29, 1.82) is 0 Å². The molecule has 1 saturated heterocycles. The number of amidine groups is 1. The highest BCUT2D eigenvalue weighted by Gasteiger charge is 2.41. The van der Waals surface area contributed by atoms with Crippen LogP contribution in [0.3, 0.4) is 0 Å². The Bertz CT molecular complexity index is 1070. The zero-order valence-corrected chi connectivity index (χ0v) is 17.5. The molecule has 2 amide bonds. The van der Waals surface area contributed by atoms with E-state index in [1.165, 1.54) is 36.4 Å². The van der Waals surface area contributed by atoms with Gasteiger partial charge in [0, 0.05) is 13.0 Å². The fourth-order valence-corrected chi connectivity index (χ4v) is 4.07. The number of hydrogen-bond donors (Lipinski definition) is 2. The number of alkyl halides is 3. The van der Waals surface area contributed by atoms with Crippen molar-refractivity contribution in [3.05, 3.63) is 59.7 Å². The third kappa shape index (κ3) is 5.28. The molecule has 11 heteroatoms. The number of nitrogens with zero attached hydrogens (tertiary/aromatic N) is 2. The standard InChI is InChI=1S/C21H18F3N3O4S/c1-2-25-20(26-14-5-3-4-13(10-14)21(22,23)24)32-16-11-17(28)27(18(16)29)15-8-6-12(7-9-15)19(30)31/h3-10,16H,2,11H2,1H3,(H,25,26)(H,30,31)/t16-/m0/s1. The van der Waals surface area contributed by atoms with Gasteiger partial charge in [-0.05, 0) is 49.4 Å². The van der Waals surface area contributed by atoms with Gasteiger partial charge in [-0.1, -0.05) is 17.8 Å². The summed E-state index contributed by atoms with van der Waals surface area (Å²) in [6.45, 7) is 2.17. The van der Waals surface area contributed by atoms with Crippen molar-refractivity contribution in [1.82, 2.24) is 5.32 Å². The summed E-state index contributed by atoms with van der Waals surface area (Å²) in [7, 11) is 0. The number of anilines is 1. The molecule has 2 N–H and O–H groups in total. The van der Waals surface area contributed by atoms with E-state index in [0.29, 0.717) is 6.54 Å². The Morgan fingerprint density at radius 2 is 1.91 bits per heavy atom. The van der Waals surface area contributed by atoms with Gasteiger partial charge in [-0.3, -0.25) is 9.59 Å². The molecule has 168 valence electrons. The van der Waals surface area contributed by atoms with Gasteiger partial charge in [0.25, 0.3) is 0 Å². The summed E-state index contributed by atoms with van der Waals surface area (Å²) in [5.74, 6) is -2.12. The highest BCUT2D eigenvalue weighted by Crippen LogP contribution is 2.33. The van der Waals surface area contributed by atoms with Crippen LogP contribution in [0.5, 0.6) is 0 Å². The fraction of sp³-hybridized carbons (Fsp3) is 0.238. The molecule has 0 bridgehead atoms. The van der Waals surface area contributed by atoms with E-state index in [4.69, 9.17) is 5.11 Å². The quantitative estimate of drug-likeness (QED) is 0.393. The number of hydrogen-bond acceptors (Lipinski definition) is 5. The Morgan fingerprint density at radius 1 is 1.22 bits per heavy atom. The van der Waals surface area contributed by atoms with Crippen LogP contribution < -0.4 is 10.2 Å². The van der Waals surface area contributed by atoms with Gasteiger partial charge in [-0.25, -0.2) is 14.7 Å². The lowest BCUT2D eigenvalue weighted by Crippen LogP contribution is -2.32. The molecule has 0 saturated carbocycles. The molecule has 1 aliphatic heterocycles. The van der Waals surface area contributed by atoms with Crippen molar-refractivity contribution in [2.45, 2.75) is 24.8 Å². The predicted octanol–water partition coefficient (Wildman–Crippen LogP) is 4.07. The van der Waals surface area contributed by atoms with E-state index >= 15 is 0 Å². The lowest BCUT2D eigenvalue weighted by Gasteiger charge is -2.16. The molecule has 7 nitrogen and oxygen atoms in total. The lowest BCUT2D eigenvalue weighted by atomic mass is 10.2. The van der Waals surface area contributed by atoms with Crippen LogP contribution in [0.15, 0.2) is 53.5 Å². The fourth-order valence-electron chi connectivity index (χ4n) is 2.98. The van der Waals surface area contributed by atoms with Crippen LogP contribution in [0.1, 0.15) is 29.3 Å². The third-order valence-electron chi connectivity index (χ3n) is 4.46. The maximum absolute atomic E-state index is 13.0. The first kappa shape index (κ1) is 23.3. The molecule has 2 aromatic carbocycles. The van der Waals surface area contributed by atoms with E-state index < -0.39 is 34.8 Å². The van der Waals surface area contributed by atoms with Gasteiger partial charge < -0.3 is 10.4 Å². The molecule has 1 fully saturated rings. The van der Waals surface area contributed by atoms with Crippen LogP contribution in [-0.4, -0.2) is 39.9 Å². The molecule has 32 heavy (non-hydrogen) atoms. The van der Waals surface area contributed by atoms with E-state index in [9.17, 15) is 27.6 Å². The normalized spacial score (nSPS) is 17.1. The third-order valence-corrected chi connectivity index (χ3v) is 5.58. The molecule has 0 unspecified atom stereocenters. The summed E-state index contributed by atoms with van der Waals surface area (Å²) in [6.07, 6.45) is -4.64. The van der Waals surface area contributed by atoms with Crippen LogP contribution >= 0.6 is 11.8 Å². The first-order valence-corrected chi connectivity index (χ1v) is 10.3. The molecule has 1 atom stereocenters. The van der Waals surface area contributed by atoms with E-state index in [0.717, 1.165) is 28.8 Å². The zero-order chi connectivity index (χ0) is 23.5.